The monoisotopic (exact) mass is 317 g/mol. The highest BCUT2D eigenvalue weighted by Gasteiger charge is 2.33. The Kier molecular flexibility index (Phi) is 5.43. The van der Waals surface area contributed by atoms with E-state index < -0.39 is 10.0 Å². The van der Waals surface area contributed by atoms with E-state index in [4.69, 9.17) is 16.3 Å². The average molecular weight is 318 g/mol. The van der Waals surface area contributed by atoms with Crippen LogP contribution in [0.25, 0.3) is 0 Å². The number of hydrogen-bond acceptors (Lipinski definition) is 3. The average Bonchev–Trinajstić information content (AvgIpc) is 2.48. The van der Waals surface area contributed by atoms with Crippen LogP contribution in [-0.4, -0.2) is 44.4 Å². The SMILES string of the molecule is CCCc1ccc(S(=O)(=O)N2CCOCC2CCl)cc1. The maximum absolute atomic E-state index is 12.6. The largest absolute Gasteiger partial charge is 0.378 e. The van der Waals surface area contributed by atoms with Gasteiger partial charge in [0.1, 0.15) is 0 Å². The molecule has 1 saturated heterocycles. The Bertz CT molecular complexity index is 530. The van der Waals surface area contributed by atoms with Crippen LogP contribution >= 0.6 is 11.6 Å². The molecular weight excluding hydrogens is 298 g/mol. The third-order valence-corrected chi connectivity index (χ3v) is 5.74. The summed E-state index contributed by atoms with van der Waals surface area (Å²) in [6.07, 6.45) is 2.01. The van der Waals surface area contributed by atoms with Gasteiger partial charge < -0.3 is 4.74 Å². The van der Waals surface area contributed by atoms with Crippen molar-refractivity contribution in [3.8, 4) is 0 Å². The molecule has 0 bridgehead atoms. The lowest BCUT2D eigenvalue weighted by Crippen LogP contribution is -2.49. The second kappa shape index (κ2) is 6.89. The molecule has 0 amide bonds. The number of halogens is 1. The minimum Gasteiger partial charge on any atom is -0.378 e. The van der Waals surface area contributed by atoms with Crippen LogP contribution in [0.5, 0.6) is 0 Å². The van der Waals surface area contributed by atoms with E-state index in [2.05, 4.69) is 6.92 Å². The Balaban J connectivity index is 2.24. The lowest BCUT2D eigenvalue weighted by molar-refractivity contribution is 0.0404. The minimum atomic E-state index is -3.49. The molecule has 1 aliphatic heterocycles. The molecule has 0 radical (unpaired) electrons. The summed E-state index contributed by atoms with van der Waals surface area (Å²) in [5.74, 6) is 0.243. The van der Waals surface area contributed by atoms with Crippen LogP contribution in [0.15, 0.2) is 29.2 Å². The molecule has 20 heavy (non-hydrogen) atoms. The third-order valence-electron chi connectivity index (χ3n) is 3.42. The molecule has 112 valence electrons. The van der Waals surface area contributed by atoms with E-state index in [1.54, 1.807) is 12.1 Å². The van der Waals surface area contributed by atoms with Crippen molar-refractivity contribution in [3.05, 3.63) is 29.8 Å². The number of ether oxygens (including phenoxy) is 1. The first kappa shape index (κ1) is 15.8. The van der Waals surface area contributed by atoms with Gasteiger partial charge in [0.15, 0.2) is 0 Å². The summed E-state index contributed by atoms with van der Waals surface area (Å²) in [6.45, 7) is 3.23. The van der Waals surface area contributed by atoms with Crippen LogP contribution in [0.1, 0.15) is 18.9 Å². The lowest BCUT2D eigenvalue weighted by Gasteiger charge is -2.33. The first-order valence-electron chi connectivity index (χ1n) is 6.84. The highest BCUT2D eigenvalue weighted by atomic mass is 35.5. The highest BCUT2D eigenvalue weighted by Crippen LogP contribution is 2.22. The molecule has 1 aromatic carbocycles. The minimum absolute atomic E-state index is 0.243. The van der Waals surface area contributed by atoms with Gasteiger partial charge in [0.25, 0.3) is 0 Å². The van der Waals surface area contributed by atoms with Crippen molar-refractivity contribution in [2.75, 3.05) is 25.6 Å². The molecule has 2 rings (SSSR count). The van der Waals surface area contributed by atoms with Crippen molar-refractivity contribution in [3.63, 3.8) is 0 Å². The predicted molar refractivity (Wildman–Crippen MR) is 79.7 cm³/mol. The van der Waals surface area contributed by atoms with E-state index in [9.17, 15) is 8.42 Å². The maximum Gasteiger partial charge on any atom is 0.243 e. The molecule has 6 heteroatoms. The summed E-state index contributed by atoms with van der Waals surface area (Å²) in [5.41, 5.74) is 1.15. The van der Waals surface area contributed by atoms with Gasteiger partial charge in [-0.15, -0.1) is 11.6 Å². The fraction of sp³-hybridized carbons (Fsp3) is 0.571. The van der Waals surface area contributed by atoms with E-state index in [1.165, 1.54) is 4.31 Å². The summed E-state index contributed by atoms with van der Waals surface area (Å²) >= 11 is 5.85. The molecule has 0 aliphatic carbocycles. The first-order valence-corrected chi connectivity index (χ1v) is 8.81. The smallest absolute Gasteiger partial charge is 0.243 e. The Hall–Kier alpha value is -0.620. The number of hydrogen-bond donors (Lipinski definition) is 0. The van der Waals surface area contributed by atoms with E-state index in [0.717, 1.165) is 18.4 Å². The first-order chi connectivity index (χ1) is 9.59. The summed E-state index contributed by atoms with van der Waals surface area (Å²) in [5, 5.41) is 0. The van der Waals surface area contributed by atoms with Crippen molar-refractivity contribution in [1.29, 1.82) is 0 Å². The van der Waals surface area contributed by atoms with Gasteiger partial charge >= 0.3 is 0 Å². The van der Waals surface area contributed by atoms with Crippen LogP contribution < -0.4 is 0 Å². The van der Waals surface area contributed by atoms with Gasteiger partial charge in [0, 0.05) is 12.4 Å². The molecular formula is C14H20ClNO3S. The fourth-order valence-corrected chi connectivity index (χ4v) is 4.26. The molecule has 1 aromatic rings. The second-order valence-corrected chi connectivity index (χ2v) is 7.09. The van der Waals surface area contributed by atoms with Gasteiger partial charge in [-0.25, -0.2) is 8.42 Å². The predicted octanol–water partition coefficient (Wildman–Crippen LogP) is 2.27. The maximum atomic E-state index is 12.6. The molecule has 0 spiro atoms. The Morgan fingerprint density at radius 2 is 2.05 bits per heavy atom. The van der Waals surface area contributed by atoms with Gasteiger partial charge in [-0.2, -0.15) is 4.31 Å². The molecule has 1 aliphatic rings. The van der Waals surface area contributed by atoms with Crippen LogP contribution in [0.3, 0.4) is 0 Å². The summed E-state index contributed by atoms with van der Waals surface area (Å²) in [4.78, 5) is 0.328. The lowest BCUT2D eigenvalue weighted by atomic mass is 10.1. The van der Waals surface area contributed by atoms with Crippen molar-refractivity contribution in [1.82, 2.24) is 4.31 Å². The standard InChI is InChI=1S/C14H20ClNO3S/c1-2-3-12-4-6-14(7-5-12)20(17,18)16-8-9-19-11-13(16)10-15/h4-7,13H,2-3,8-11H2,1H3. The molecule has 1 unspecified atom stereocenters. The molecule has 1 fully saturated rings. The zero-order valence-corrected chi connectivity index (χ0v) is 13.2. The Morgan fingerprint density at radius 1 is 1.35 bits per heavy atom. The van der Waals surface area contributed by atoms with Gasteiger partial charge in [-0.1, -0.05) is 25.5 Å². The number of aryl methyl sites for hydroxylation is 1. The topological polar surface area (TPSA) is 46.6 Å². The van der Waals surface area contributed by atoms with Gasteiger partial charge in [0.05, 0.1) is 24.2 Å². The number of nitrogens with zero attached hydrogens (tertiary/aromatic N) is 1. The van der Waals surface area contributed by atoms with E-state index >= 15 is 0 Å². The van der Waals surface area contributed by atoms with Crippen LogP contribution in [0.2, 0.25) is 0 Å². The van der Waals surface area contributed by atoms with E-state index in [-0.39, 0.29) is 11.9 Å². The summed E-state index contributed by atoms with van der Waals surface area (Å²) in [7, 11) is -3.49. The van der Waals surface area contributed by atoms with Crippen LogP contribution in [-0.2, 0) is 21.2 Å². The van der Waals surface area contributed by atoms with Crippen LogP contribution in [0, 0.1) is 0 Å². The van der Waals surface area contributed by atoms with Gasteiger partial charge in [-0.05, 0) is 24.1 Å². The fourth-order valence-electron chi connectivity index (χ4n) is 2.33. The van der Waals surface area contributed by atoms with E-state index in [0.29, 0.717) is 24.7 Å². The van der Waals surface area contributed by atoms with Gasteiger partial charge in [0.2, 0.25) is 10.0 Å². The highest BCUT2D eigenvalue weighted by molar-refractivity contribution is 7.89. The van der Waals surface area contributed by atoms with Crippen LogP contribution in [0.4, 0.5) is 0 Å². The number of alkyl halides is 1. The van der Waals surface area contributed by atoms with Crippen molar-refractivity contribution >= 4 is 21.6 Å². The number of sulfonamides is 1. The number of benzene rings is 1. The van der Waals surface area contributed by atoms with Crippen molar-refractivity contribution < 1.29 is 13.2 Å². The van der Waals surface area contributed by atoms with E-state index in [1.807, 2.05) is 12.1 Å². The second-order valence-electron chi connectivity index (χ2n) is 4.89. The normalized spacial score (nSPS) is 21.0. The summed E-state index contributed by atoms with van der Waals surface area (Å²) < 4.78 is 32.0. The zero-order chi connectivity index (χ0) is 14.6. The summed E-state index contributed by atoms with van der Waals surface area (Å²) in [6, 6.07) is 6.84. The molecule has 1 atom stereocenters. The van der Waals surface area contributed by atoms with Gasteiger partial charge in [-0.3, -0.25) is 0 Å². The quantitative estimate of drug-likeness (QED) is 0.783. The molecule has 0 saturated carbocycles. The molecule has 1 heterocycles. The van der Waals surface area contributed by atoms with Crippen molar-refractivity contribution in [2.45, 2.75) is 30.7 Å². The number of morpholine rings is 1. The zero-order valence-electron chi connectivity index (χ0n) is 11.6. The van der Waals surface area contributed by atoms with Crippen molar-refractivity contribution in [2.24, 2.45) is 0 Å². The number of rotatable bonds is 5. The third kappa shape index (κ3) is 3.34. The Labute approximate surface area is 125 Å². The molecule has 4 nitrogen and oxygen atoms in total. The molecule has 0 aromatic heterocycles. The molecule has 0 N–H and O–H groups in total. The Morgan fingerprint density at radius 3 is 2.65 bits per heavy atom.